The Hall–Kier alpha value is -3.24. The molecule has 1 aliphatic rings. The molecule has 30 heavy (non-hydrogen) atoms. The smallest absolute Gasteiger partial charge is 0.269 e. The minimum absolute atomic E-state index is 0.0331. The molecule has 0 spiro atoms. The maximum atomic E-state index is 12.7. The number of carbonyl (C=O) groups excluding carboxylic acids is 2. The van der Waals surface area contributed by atoms with E-state index in [2.05, 4.69) is 5.32 Å². The van der Waals surface area contributed by atoms with Gasteiger partial charge in [0.2, 0.25) is 5.91 Å². The molecule has 3 rings (SSSR count). The Morgan fingerprint density at radius 1 is 1.27 bits per heavy atom. The van der Waals surface area contributed by atoms with E-state index in [0.717, 1.165) is 5.56 Å². The first-order chi connectivity index (χ1) is 14.4. The highest BCUT2D eigenvalue weighted by Gasteiger charge is 2.32. The molecule has 1 heterocycles. The number of anilines is 1. The molecule has 0 radical (unpaired) electrons. The number of non-ortho nitro benzene ring substituents is 1. The van der Waals surface area contributed by atoms with Crippen molar-refractivity contribution in [2.24, 2.45) is 0 Å². The first-order valence-corrected chi connectivity index (χ1v) is 10.0. The minimum Gasteiger partial charge on any atom is -0.496 e. The molecule has 0 saturated carbocycles. The van der Waals surface area contributed by atoms with Gasteiger partial charge in [-0.3, -0.25) is 24.6 Å². The molecule has 154 valence electrons. The molecule has 2 aromatic carbocycles. The number of hydrogen-bond acceptors (Lipinski definition) is 7. The maximum Gasteiger partial charge on any atom is 0.269 e. The summed E-state index contributed by atoms with van der Waals surface area (Å²) in [6.45, 7) is 0.132. The van der Waals surface area contributed by atoms with Crippen LogP contribution in [0.4, 0.5) is 11.4 Å². The molecule has 1 fully saturated rings. The number of rotatable bonds is 7. The van der Waals surface area contributed by atoms with Gasteiger partial charge in [0.15, 0.2) is 0 Å². The van der Waals surface area contributed by atoms with Crippen LogP contribution >= 0.6 is 24.0 Å². The van der Waals surface area contributed by atoms with Gasteiger partial charge in [0.25, 0.3) is 11.6 Å². The number of nitrogens with one attached hydrogen (secondary N) is 1. The van der Waals surface area contributed by atoms with Crippen molar-refractivity contribution in [1.29, 1.82) is 0 Å². The molecule has 1 N–H and O–H groups in total. The normalized spacial score (nSPS) is 14.8. The van der Waals surface area contributed by atoms with Crippen molar-refractivity contribution >= 4 is 57.6 Å². The molecule has 0 bridgehead atoms. The lowest BCUT2D eigenvalue weighted by molar-refractivity contribution is -0.384. The summed E-state index contributed by atoms with van der Waals surface area (Å²) in [5.41, 5.74) is 1.14. The van der Waals surface area contributed by atoms with Crippen LogP contribution in [0.25, 0.3) is 6.08 Å². The van der Waals surface area contributed by atoms with Gasteiger partial charge in [0.05, 0.1) is 16.9 Å². The van der Waals surface area contributed by atoms with E-state index in [4.69, 9.17) is 17.0 Å². The summed E-state index contributed by atoms with van der Waals surface area (Å²) in [4.78, 5) is 36.9. The van der Waals surface area contributed by atoms with Crippen molar-refractivity contribution in [3.8, 4) is 5.75 Å². The van der Waals surface area contributed by atoms with Crippen LogP contribution in [0.3, 0.4) is 0 Å². The average Bonchev–Trinajstić information content (AvgIpc) is 3.00. The Morgan fingerprint density at radius 3 is 2.63 bits per heavy atom. The van der Waals surface area contributed by atoms with E-state index in [-0.39, 0.29) is 30.5 Å². The summed E-state index contributed by atoms with van der Waals surface area (Å²) < 4.78 is 5.68. The number of ether oxygens (including phenoxy) is 1. The predicted octanol–water partition coefficient (Wildman–Crippen LogP) is 3.83. The number of amides is 2. The van der Waals surface area contributed by atoms with Crippen molar-refractivity contribution < 1.29 is 19.2 Å². The van der Waals surface area contributed by atoms with Gasteiger partial charge in [0.1, 0.15) is 10.1 Å². The quantitative estimate of drug-likeness (QED) is 0.300. The molecule has 0 aromatic heterocycles. The Labute approximate surface area is 182 Å². The highest BCUT2D eigenvalue weighted by Crippen LogP contribution is 2.34. The fourth-order valence-electron chi connectivity index (χ4n) is 2.72. The lowest BCUT2D eigenvalue weighted by atomic mass is 10.2. The van der Waals surface area contributed by atoms with Crippen LogP contribution in [0, 0.1) is 10.1 Å². The van der Waals surface area contributed by atoms with Gasteiger partial charge in [0, 0.05) is 36.3 Å². The molecular formula is C20H17N3O5S2. The van der Waals surface area contributed by atoms with Crippen LogP contribution in [-0.2, 0) is 9.59 Å². The summed E-state index contributed by atoms with van der Waals surface area (Å²) in [5, 5.41) is 13.3. The fraction of sp³-hybridized carbons (Fsp3) is 0.150. The van der Waals surface area contributed by atoms with E-state index in [1.807, 2.05) is 18.2 Å². The first-order valence-electron chi connectivity index (χ1n) is 8.81. The van der Waals surface area contributed by atoms with E-state index < -0.39 is 4.92 Å². The Kier molecular flexibility index (Phi) is 6.80. The van der Waals surface area contributed by atoms with Crippen molar-refractivity contribution in [1.82, 2.24) is 4.90 Å². The summed E-state index contributed by atoms with van der Waals surface area (Å²) in [7, 11) is 1.56. The fourth-order valence-corrected chi connectivity index (χ4v) is 4.02. The number of carbonyl (C=O) groups is 2. The van der Waals surface area contributed by atoms with Crippen LogP contribution in [0.2, 0.25) is 0 Å². The number of nitro groups is 1. The van der Waals surface area contributed by atoms with E-state index >= 15 is 0 Å². The van der Waals surface area contributed by atoms with Gasteiger partial charge in [-0.15, -0.1) is 0 Å². The zero-order valence-corrected chi connectivity index (χ0v) is 17.5. The predicted molar refractivity (Wildman–Crippen MR) is 119 cm³/mol. The lowest BCUT2D eigenvalue weighted by Crippen LogP contribution is -2.31. The average molecular weight is 444 g/mol. The van der Waals surface area contributed by atoms with Crippen molar-refractivity contribution in [2.45, 2.75) is 6.42 Å². The minimum atomic E-state index is -0.515. The third-order valence-corrected chi connectivity index (χ3v) is 5.60. The standard InChI is InChI=1S/C20H17N3O5S2/c1-28-16-5-3-2-4-13(16)12-17-19(25)22(20(29)30-17)11-10-18(24)21-14-6-8-15(9-7-14)23(26)27/h2-9,12H,10-11H2,1H3,(H,21,24)/b17-12-. The van der Waals surface area contributed by atoms with Crippen LogP contribution in [0.1, 0.15) is 12.0 Å². The summed E-state index contributed by atoms with van der Waals surface area (Å²) in [6.07, 6.45) is 1.75. The molecule has 1 aliphatic heterocycles. The Morgan fingerprint density at radius 2 is 1.97 bits per heavy atom. The monoisotopic (exact) mass is 443 g/mol. The lowest BCUT2D eigenvalue weighted by Gasteiger charge is -2.14. The number of methoxy groups -OCH3 is 1. The molecule has 0 aliphatic carbocycles. The van der Waals surface area contributed by atoms with Gasteiger partial charge in [-0.1, -0.05) is 42.2 Å². The number of hydrogen-bond donors (Lipinski definition) is 1. The number of thiocarbonyl (C=S) groups is 1. The number of nitro benzene ring substituents is 1. The molecule has 2 amide bonds. The highest BCUT2D eigenvalue weighted by molar-refractivity contribution is 8.26. The van der Waals surface area contributed by atoms with Gasteiger partial charge >= 0.3 is 0 Å². The number of thioether (sulfide) groups is 1. The van der Waals surface area contributed by atoms with E-state index in [0.29, 0.717) is 20.7 Å². The third-order valence-electron chi connectivity index (χ3n) is 4.22. The van der Waals surface area contributed by atoms with E-state index in [1.165, 1.54) is 40.9 Å². The van der Waals surface area contributed by atoms with Crippen molar-refractivity contribution in [2.75, 3.05) is 19.0 Å². The SMILES string of the molecule is COc1ccccc1/C=C1\SC(=S)N(CCC(=O)Nc2ccc([N+](=O)[O-])cc2)C1=O. The van der Waals surface area contributed by atoms with Crippen LogP contribution in [-0.4, -0.2) is 39.6 Å². The zero-order chi connectivity index (χ0) is 21.7. The molecule has 0 atom stereocenters. The van der Waals surface area contributed by atoms with Crippen LogP contribution in [0.15, 0.2) is 53.4 Å². The van der Waals surface area contributed by atoms with Gasteiger partial charge in [-0.25, -0.2) is 0 Å². The van der Waals surface area contributed by atoms with Crippen LogP contribution in [0.5, 0.6) is 5.75 Å². The molecule has 0 unspecified atom stereocenters. The highest BCUT2D eigenvalue weighted by atomic mass is 32.2. The van der Waals surface area contributed by atoms with Crippen LogP contribution < -0.4 is 10.1 Å². The second-order valence-electron chi connectivity index (χ2n) is 6.18. The number of benzene rings is 2. The largest absolute Gasteiger partial charge is 0.496 e. The second kappa shape index (κ2) is 9.51. The Bertz CT molecular complexity index is 1040. The third kappa shape index (κ3) is 5.02. The van der Waals surface area contributed by atoms with Gasteiger partial charge < -0.3 is 10.1 Å². The number of para-hydroxylation sites is 1. The summed E-state index contributed by atoms with van der Waals surface area (Å²) in [5.74, 6) is 0.0518. The van der Waals surface area contributed by atoms with Crippen molar-refractivity contribution in [3.63, 3.8) is 0 Å². The molecule has 8 nitrogen and oxygen atoms in total. The van der Waals surface area contributed by atoms with Crippen molar-refractivity contribution in [3.05, 3.63) is 69.1 Å². The zero-order valence-electron chi connectivity index (χ0n) is 15.9. The topological polar surface area (TPSA) is 102 Å². The summed E-state index contributed by atoms with van der Waals surface area (Å²) >= 11 is 6.47. The van der Waals surface area contributed by atoms with Gasteiger partial charge in [-0.05, 0) is 24.3 Å². The number of nitrogens with zero attached hydrogens (tertiary/aromatic N) is 2. The maximum absolute atomic E-state index is 12.7. The van der Waals surface area contributed by atoms with E-state index in [1.54, 1.807) is 19.3 Å². The van der Waals surface area contributed by atoms with Gasteiger partial charge in [-0.2, -0.15) is 0 Å². The van der Waals surface area contributed by atoms with E-state index in [9.17, 15) is 19.7 Å². The molecule has 1 saturated heterocycles. The molecule has 2 aromatic rings. The molecule has 10 heteroatoms. The second-order valence-corrected chi connectivity index (χ2v) is 7.85. The first kappa shape index (κ1) is 21.5. The Balaban J connectivity index is 1.61. The molecular weight excluding hydrogens is 426 g/mol. The summed E-state index contributed by atoms with van der Waals surface area (Å²) in [6, 6.07) is 12.8.